The van der Waals surface area contributed by atoms with Gasteiger partial charge in [0, 0.05) is 31.3 Å². The highest BCUT2D eigenvalue weighted by molar-refractivity contribution is 5.41. The minimum atomic E-state index is -0.0106. The van der Waals surface area contributed by atoms with E-state index in [0.717, 1.165) is 11.3 Å². The summed E-state index contributed by atoms with van der Waals surface area (Å²) in [5.41, 5.74) is 2.19. The molecule has 0 aliphatic carbocycles. The van der Waals surface area contributed by atoms with Gasteiger partial charge in [-0.25, -0.2) is 0 Å². The quantitative estimate of drug-likeness (QED) is 0.694. The van der Waals surface area contributed by atoms with E-state index in [-0.39, 0.29) is 12.0 Å². The van der Waals surface area contributed by atoms with Crippen molar-refractivity contribution in [3.63, 3.8) is 0 Å². The molecule has 1 heterocycles. The van der Waals surface area contributed by atoms with Gasteiger partial charge < -0.3 is 9.64 Å². The van der Waals surface area contributed by atoms with Crippen molar-refractivity contribution >= 4 is 0 Å². The minimum absolute atomic E-state index is 0.0106. The second-order valence-corrected chi connectivity index (χ2v) is 4.98. The Bertz CT molecular complexity index is 478. The van der Waals surface area contributed by atoms with Crippen molar-refractivity contribution in [2.45, 2.75) is 20.0 Å². The van der Waals surface area contributed by atoms with Gasteiger partial charge in [-0.1, -0.05) is 43.5 Å². The summed E-state index contributed by atoms with van der Waals surface area (Å²) in [6.07, 6.45) is 14.0. The average Bonchev–Trinajstić information content (AvgIpc) is 2.41. The van der Waals surface area contributed by atoms with Crippen molar-refractivity contribution in [1.29, 1.82) is 0 Å². The molecule has 0 fully saturated rings. The fraction of sp³-hybridized carbons (Fsp3) is 0.333. The van der Waals surface area contributed by atoms with Gasteiger partial charge >= 0.3 is 0 Å². The molecule has 0 aromatic carbocycles. The number of hydrogen-bond donors (Lipinski definition) is 0. The van der Waals surface area contributed by atoms with E-state index in [4.69, 9.17) is 4.74 Å². The fourth-order valence-electron chi connectivity index (χ4n) is 2.01. The summed E-state index contributed by atoms with van der Waals surface area (Å²) < 4.78 is 6.11. The van der Waals surface area contributed by atoms with Crippen LogP contribution in [0.1, 0.15) is 13.8 Å². The molecule has 0 saturated carbocycles. The highest BCUT2D eigenvalue weighted by Crippen LogP contribution is 2.30. The molecule has 108 valence electrons. The minimum Gasteiger partial charge on any atom is -0.485 e. The Morgan fingerprint density at radius 2 is 2.05 bits per heavy atom. The van der Waals surface area contributed by atoms with Gasteiger partial charge in [-0.3, -0.25) is 0 Å². The molecule has 0 aromatic rings. The lowest BCUT2D eigenvalue weighted by Crippen LogP contribution is -2.25. The molecule has 0 aromatic heterocycles. The SMILES string of the molecule is C=C/C=C1/OC(/C=C(\C)N(C)C)C(/C=C\C)C=C1C=C. The lowest BCUT2D eigenvalue weighted by Gasteiger charge is -2.30. The smallest absolute Gasteiger partial charge is 0.129 e. The molecule has 2 unspecified atom stereocenters. The standard InChI is InChI=1S/C18H25NO/c1-7-10-16-13-15(9-3)17(11-8-2)20-18(16)12-14(4)19(5)6/h7-13,16,18H,2-3H2,1,4-6H3/b10-7-,14-12+,17-11+. The summed E-state index contributed by atoms with van der Waals surface area (Å²) in [5, 5.41) is 0. The van der Waals surface area contributed by atoms with Gasteiger partial charge in [0.05, 0.1) is 0 Å². The Morgan fingerprint density at radius 1 is 1.35 bits per heavy atom. The predicted molar refractivity (Wildman–Crippen MR) is 87.2 cm³/mol. The van der Waals surface area contributed by atoms with E-state index in [1.54, 1.807) is 6.08 Å². The highest BCUT2D eigenvalue weighted by Gasteiger charge is 2.24. The summed E-state index contributed by atoms with van der Waals surface area (Å²) >= 11 is 0. The summed E-state index contributed by atoms with van der Waals surface area (Å²) in [7, 11) is 4.07. The molecule has 20 heavy (non-hydrogen) atoms. The van der Waals surface area contributed by atoms with Crippen LogP contribution < -0.4 is 0 Å². The van der Waals surface area contributed by atoms with Gasteiger partial charge in [0.25, 0.3) is 0 Å². The van der Waals surface area contributed by atoms with Crippen molar-refractivity contribution < 1.29 is 4.74 Å². The number of ether oxygens (including phenoxy) is 1. The van der Waals surface area contributed by atoms with E-state index in [9.17, 15) is 0 Å². The second kappa shape index (κ2) is 7.59. The molecule has 0 N–H and O–H groups in total. The highest BCUT2D eigenvalue weighted by atomic mass is 16.5. The van der Waals surface area contributed by atoms with Crippen LogP contribution in [0.4, 0.5) is 0 Å². The zero-order chi connectivity index (χ0) is 15.1. The van der Waals surface area contributed by atoms with Crippen molar-refractivity contribution in [1.82, 2.24) is 4.90 Å². The third-order valence-corrected chi connectivity index (χ3v) is 3.31. The normalized spacial score (nSPS) is 25.3. The molecule has 0 saturated heterocycles. The first-order chi connectivity index (χ1) is 9.53. The fourth-order valence-corrected chi connectivity index (χ4v) is 2.01. The molecule has 1 aliphatic heterocycles. The molecule has 0 radical (unpaired) electrons. The largest absolute Gasteiger partial charge is 0.485 e. The molecular formula is C18H25NO. The molecule has 0 bridgehead atoms. The molecule has 2 atom stereocenters. The van der Waals surface area contributed by atoms with Crippen LogP contribution in [-0.2, 0) is 4.74 Å². The van der Waals surface area contributed by atoms with E-state index >= 15 is 0 Å². The van der Waals surface area contributed by atoms with Gasteiger partial charge in [-0.15, -0.1) is 0 Å². The number of allylic oxidation sites excluding steroid dienone is 5. The summed E-state index contributed by atoms with van der Waals surface area (Å²) in [6, 6.07) is 0. The van der Waals surface area contributed by atoms with Crippen LogP contribution in [0.3, 0.4) is 0 Å². The Morgan fingerprint density at radius 3 is 2.55 bits per heavy atom. The molecule has 2 heteroatoms. The maximum atomic E-state index is 6.11. The first-order valence-corrected chi connectivity index (χ1v) is 6.86. The van der Waals surface area contributed by atoms with E-state index in [2.05, 4.69) is 49.3 Å². The molecular weight excluding hydrogens is 246 g/mol. The van der Waals surface area contributed by atoms with E-state index < -0.39 is 0 Å². The number of hydrogen-bond acceptors (Lipinski definition) is 2. The first kappa shape index (κ1) is 16.1. The van der Waals surface area contributed by atoms with Crippen LogP contribution in [0, 0.1) is 5.92 Å². The maximum Gasteiger partial charge on any atom is 0.129 e. The summed E-state index contributed by atoms with van der Waals surface area (Å²) in [4.78, 5) is 2.08. The van der Waals surface area contributed by atoms with Crippen LogP contribution in [-0.4, -0.2) is 25.1 Å². The van der Waals surface area contributed by atoms with Crippen molar-refractivity contribution in [2.24, 2.45) is 5.92 Å². The van der Waals surface area contributed by atoms with Crippen LogP contribution in [0.25, 0.3) is 0 Å². The van der Waals surface area contributed by atoms with Crippen LogP contribution >= 0.6 is 0 Å². The topological polar surface area (TPSA) is 12.5 Å². The molecule has 0 amide bonds. The van der Waals surface area contributed by atoms with Gasteiger partial charge in [0.15, 0.2) is 0 Å². The van der Waals surface area contributed by atoms with E-state index in [1.165, 1.54) is 5.70 Å². The van der Waals surface area contributed by atoms with Crippen molar-refractivity contribution in [3.05, 3.63) is 72.7 Å². The average molecular weight is 271 g/mol. The monoisotopic (exact) mass is 271 g/mol. The molecule has 1 aliphatic rings. The Labute approximate surface area is 123 Å². The number of rotatable bonds is 5. The molecule has 1 rings (SSSR count). The van der Waals surface area contributed by atoms with Gasteiger partial charge in [-0.2, -0.15) is 0 Å². The van der Waals surface area contributed by atoms with Gasteiger partial charge in [0.1, 0.15) is 11.9 Å². The molecule has 2 nitrogen and oxygen atoms in total. The van der Waals surface area contributed by atoms with Crippen molar-refractivity contribution in [3.8, 4) is 0 Å². The van der Waals surface area contributed by atoms with Crippen LogP contribution in [0.5, 0.6) is 0 Å². The zero-order valence-electron chi connectivity index (χ0n) is 13.0. The van der Waals surface area contributed by atoms with E-state index in [0.29, 0.717) is 0 Å². The Balaban J connectivity index is 3.19. The van der Waals surface area contributed by atoms with Crippen molar-refractivity contribution in [2.75, 3.05) is 14.1 Å². The van der Waals surface area contributed by atoms with Gasteiger partial charge in [0.2, 0.25) is 0 Å². The predicted octanol–water partition coefficient (Wildman–Crippen LogP) is 4.23. The first-order valence-electron chi connectivity index (χ1n) is 6.86. The third-order valence-electron chi connectivity index (χ3n) is 3.31. The second-order valence-electron chi connectivity index (χ2n) is 4.98. The summed E-state index contributed by atoms with van der Waals surface area (Å²) in [5.74, 6) is 1.04. The number of nitrogens with zero attached hydrogens (tertiary/aromatic N) is 1. The Hall–Kier alpha value is -1.96. The lowest BCUT2D eigenvalue weighted by atomic mass is 9.93. The van der Waals surface area contributed by atoms with Gasteiger partial charge in [-0.05, 0) is 26.0 Å². The summed E-state index contributed by atoms with van der Waals surface area (Å²) in [6.45, 7) is 11.7. The zero-order valence-corrected chi connectivity index (χ0v) is 13.0. The maximum absolute atomic E-state index is 6.11. The lowest BCUT2D eigenvalue weighted by molar-refractivity contribution is 0.129. The Kier molecular flexibility index (Phi) is 6.10. The third kappa shape index (κ3) is 4.02. The van der Waals surface area contributed by atoms with Crippen LogP contribution in [0.2, 0.25) is 0 Å². The molecule has 0 spiro atoms. The van der Waals surface area contributed by atoms with E-state index in [1.807, 2.05) is 33.2 Å². The van der Waals surface area contributed by atoms with Crippen LogP contribution in [0.15, 0.2) is 72.7 Å².